The van der Waals surface area contributed by atoms with E-state index in [9.17, 15) is 9.59 Å². The van der Waals surface area contributed by atoms with Gasteiger partial charge in [0.05, 0.1) is 7.11 Å². The molecule has 0 radical (unpaired) electrons. The maximum atomic E-state index is 11.6. The summed E-state index contributed by atoms with van der Waals surface area (Å²) in [5, 5.41) is 0. The summed E-state index contributed by atoms with van der Waals surface area (Å²) in [6.07, 6.45) is 0.995. The van der Waals surface area contributed by atoms with Crippen molar-refractivity contribution in [3.8, 4) is 0 Å². The highest BCUT2D eigenvalue weighted by Gasteiger charge is 2.20. The number of rotatable bonds is 3. The lowest BCUT2D eigenvalue weighted by atomic mass is 10.0. The first-order valence-electron chi connectivity index (χ1n) is 5.90. The molecule has 0 aromatic heterocycles. The predicted octanol–water partition coefficient (Wildman–Crippen LogP) is 2.02. The van der Waals surface area contributed by atoms with Crippen LogP contribution >= 0.6 is 0 Å². The summed E-state index contributed by atoms with van der Waals surface area (Å²) < 4.78 is 4.40. The molecule has 0 saturated heterocycles. The average Bonchev–Trinajstić information content (AvgIpc) is 2.36. The molecule has 0 aliphatic rings. The van der Waals surface area contributed by atoms with Crippen molar-refractivity contribution < 1.29 is 14.3 Å². The van der Waals surface area contributed by atoms with Crippen LogP contribution in [0.5, 0.6) is 0 Å². The van der Waals surface area contributed by atoms with E-state index < -0.39 is 11.9 Å². The molecule has 1 rings (SSSR count). The molecule has 98 valence electrons. The second-order valence-electron chi connectivity index (χ2n) is 4.62. The van der Waals surface area contributed by atoms with Crippen LogP contribution < -0.4 is 4.90 Å². The second kappa shape index (κ2) is 6.19. The molecule has 0 saturated carbocycles. The van der Waals surface area contributed by atoms with E-state index in [4.69, 9.17) is 0 Å². The van der Waals surface area contributed by atoms with Gasteiger partial charge in [0.1, 0.15) is 0 Å². The fourth-order valence-electron chi connectivity index (χ4n) is 1.67. The third kappa shape index (κ3) is 3.58. The van der Waals surface area contributed by atoms with Crippen molar-refractivity contribution >= 4 is 17.6 Å². The molecule has 18 heavy (non-hydrogen) atoms. The van der Waals surface area contributed by atoms with Gasteiger partial charge in [0, 0.05) is 12.7 Å². The van der Waals surface area contributed by atoms with Crippen molar-refractivity contribution in [3.63, 3.8) is 0 Å². The van der Waals surface area contributed by atoms with Crippen LogP contribution in [0.1, 0.15) is 19.4 Å². The number of benzene rings is 1. The summed E-state index contributed by atoms with van der Waals surface area (Å²) in [6, 6.07) is 7.60. The Morgan fingerprint density at radius 1 is 1.22 bits per heavy atom. The number of esters is 1. The Hall–Kier alpha value is -1.84. The van der Waals surface area contributed by atoms with Crippen molar-refractivity contribution in [3.05, 3.63) is 29.8 Å². The number of nitrogens with zero attached hydrogens (tertiary/aromatic N) is 1. The zero-order chi connectivity index (χ0) is 13.7. The summed E-state index contributed by atoms with van der Waals surface area (Å²) in [4.78, 5) is 24.0. The van der Waals surface area contributed by atoms with E-state index in [-0.39, 0.29) is 0 Å². The lowest BCUT2D eigenvalue weighted by Crippen LogP contribution is -2.33. The highest BCUT2D eigenvalue weighted by molar-refractivity contribution is 6.37. The van der Waals surface area contributed by atoms with Gasteiger partial charge in [-0.25, -0.2) is 4.79 Å². The van der Waals surface area contributed by atoms with E-state index in [1.165, 1.54) is 17.6 Å². The number of methoxy groups -OCH3 is 1. The summed E-state index contributed by atoms with van der Waals surface area (Å²) in [5.41, 5.74) is 1.89. The fourth-order valence-corrected chi connectivity index (χ4v) is 1.67. The number of ether oxygens (including phenoxy) is 1. The minimum Gasteiger partial charge on any atom is -0.462 e. The number of hydrogen-bond donors (Lipinski definition) is 0. The molecule has 1 amide bonds. The normalized spacial score (nSPS) is 10.3. The third-order valence-corrected chi connectivity index (χ3v) is 2.63. The molecule has 1 aromatic rings. The van der Waals surface area contributed by atoms with Crippen molar-refractivity contribution in [2.24, 2.45) is 5.92 Å². The summed E-state index contributed by atoms with van der Waals surface area (Å²) >= 11 is 0. The van der Waals surface area contributed by atoms with Gasteiger partial charge >= 0.3 is 11.9 Å². The van der Waals surface area contributed by atoms with Crippen molar-refractivity contribution in [1.29, 1.82) is 0 Å². The van der Waals surface area contributed by atoms with Gasteiger partial charge in [0.25, 0.3) is 0 Å². The topological polar surface area (TPSA) is 46.6 Å². The lowest BCUT2D eigenvalue weighted by Gasteiger charge is -2.16. The van der Waals surface area contributed by atoms with E-state index >= 15 is 0 Å². The standard InChI is InChI=1S/C14H19NO3/c1-10(2)9-11-5-7-12(8-6-11)15(3)13(16)14(17)18-4/h5-8,10H,9H2,1-4H3. The number of carbonyl (C=O) groups excluding carboxylic acids is 2. The van der Waals surface area contributed by atoms with Crippen LogP contribution in [-0.2, 0) is 20.7 Å². The fraction of sp³-hybridized carbons (Fsp3) is 0.429. The molecule has 0 N–H and O–H groups in total. The van der Waals surface area contributed by atoms with Crippen LogP contribution in [0.4, 0.5) is 5.69 Å². The minimum atomic E-state index is -0.858. The predicted molar refractivity (Wildman–Crippen MR) is 70.4 cm³/mol. The summed E-state index contributed by atoms with van der Waals surface area (Å²) in [7, 11) is 2.75. The maximum Gasteiger partial charge on any atom is 0.397 e. The van der Waals surface area contributed by atoms with Crippen LogP contribution in [0.2, 0.25) is 0 Å². The van der Waals surface area contributed by atoms with E-state index in [1.807, 2.05) is 24.3 Å². The molecular formula is C14H19NO3. The average molecular weight is 249 g/mol. The van der Waals surface area contributed by atoms with Gasteiger partial charge < -0.3 is 9.64 Å². The van der Waals surface area contributed by atoms with Crippen molar-refractivity contribution in [1.82, 2.24) is 0 Å². The molecule has 0 aliphatic heterocycles. The van der Waals surface area contributed by atoms with Gasteiger partial charge in [-0.2, -0.15) is 0 Å². The molecular weight excluding hydrogens is 230 g/mol. The molecule has 1 aromatic carbocycles. The minimum absolute atomic E-state index is 0.588. The van der Waals surface area contributed by atoms with Crippen molar-refractivity contribution in [2.75, 3.05) is 19.1 Å². The Balaban J connectivity index is 2.78. The van der Waals surface area contributed by atoms with Crippen LogP contribution in [0, 0.1) is 5.92 Å². The SMILES string of the molecule is COC(=O)C(=O)N(C)c1ccc(CC(C)C)cc1. The smallest absolute Gasteiger partial charge is 0.397 e. The highest BCUT2D eigenvalue weighted by Crippen LogP contribution is 2.16. The van der Waals surface area contributed by atoms with E-state index in [0.29, 0.717) is 11.6 Å². The summed E-state index contributed by atoms with van der Waals surface area (Å²) in [6.45, 7) is 4.31. The van der Waals surface area contributed by atoms with Crippen LogP contribution in [-0.4, -0.2) is 26.0 Å². The maximum absolute atomic E-state index is 11.6. The molecule has 0 spiro atoms. The van der Waals surface area contributed by atoms with Gasteiger partial charge in [0.2, 0.25) is 0 Å². The molecule has 0 aliphatic carbocycles. The van der Waals surface area contributed by atoms with Gasteiger partial charge in [0.15, 0.2) is 0 Å². The van der Waals surface area contributed by atoms with Crippen LogP contribution in [0.3, 0.4) is 0 Å². The van der Waals surface area contributed by atoms with E-state index in [2.05, 4.69) is 18.6 Å². The van der Waals surface area contributed by atoms with E-state index in [0.717, 1.165) is 6.42 Å². The number of carbonyl (C=O) groups is 2. The Kier molecular flexibility index (Phi) is 4.89. The van der Waals surface area contributed by atoms with Gasteiger partial charge in [-0.15, -0.1) is 0 Å². The first kappa shape index (κ1) is 14.2. The molecule has 4 nitrogen and oxygen atoms in total. The molecule has 0 atom stereocenters. The number of amides is 1. The number of likely N-dealkylation sites (N-methyl/N-ethyl adjacent to an activating group) is 1. The first-order chi connectivity index (χ1) is 8.45. The number of anilines is 1. The number of hydrogen-bond acceptors (Lipinski definition) is 3. The lowest BCUT2D eigenvalue weighted by molar-refractivity contribution is -0.151. The van der Waals surface area contributed by atoms with E-state index in [1.54, 1.807) is 7.05 Å². The second-order valence-corrected chi connectivity index (χ2v) is 4.62. The Morgan fingerprint density at radius 2 is 1.78 bits per heavy atom. The molecule has 0 fully saturated rings. The zero-order valence-corrected chi connectivity index (χ0v) is 11.3. The monoisotopic (exact) mass is 249 g/mol. The summed E-state index contributed by atoms with van der Waals surface area (Å²) in [5.74, 6) is -0.942. The molecule has 0 bridgehead atoms. The van der Waals surface area contributed by atoms with Crippen LogP contribution in [0.15, 0.2) is 24.3 Å². The Labute approximate surface area is 108 Å². The molecule has 0 heterocycles. The van der Waals surface area contributed by atoms with Gasteiger partial charge in [-0.3, -0.25) is 4.79 Å². The van der Waals surface area contributed by atoms with Gasteiger partial charge in [-0.05, 0) is 30.0 Å². The molecule has 4 heteroatoms. The molecule has 0 unspecified atom stereocenters. The Bertz CT molecular complexity index is 423. The third-order valence-electron chi connectivity index (χ3n) is 2.63. The first-order valence-corrected chi connectivity index (χ1v) is 5.90. The van der Waals surface area contributed by atoms with Gasteiger partial charge in [-0.1, -0.05) is 26.0 Å². The largest absolute Gasteiger partial charge is 0.462 e. The highest BCUT2D eigenvalue weighted by atomic mass is 16.5. The van der Waals surface area contributed by atoms with Crippen molar-refractivity contribution in [2.45, 2.75) is 20.3 Å². The Morgan fingerprint density at radius 3 is 2.22 bits per heavy atom. The quantitative estimate of drug-likeness (QED) is 0.608. The van der Waals surface area contributed by atoms with Crippen LogP contribution in [0.25, 0.3) is 0 Å². The zero-order valence-electron chi connectivity index (χ0n) is 11.3.